The van der Waals surface area contributed by atoms with Gasteiger partial charge in [-0.05, 0) is 6.92 Å². The molecule has 22 heavy (non-hydrogen) atoms. The van der Waals surface area contributed by atoms with Crippen molar-refractivity contribution >= 4 is 23.6 Å². The van der Waals surface area contributed by atoms with E-state index in [9.17, 15) is 33.0 Å². The molecule has 1 N–H and O–H groups in total. The summed E-state index contributed by atoms with van der Waals surface area (Å²) in [5, 5.41) is 20.7. The van der Waals surface area contributed by atoms with Crippen molar-refractivity contribution in [2.45, 2.75) is 32.2 Å². The van der Waals surface area contributed by atoms with Gasteiger partial charge in [-0.1, -0.05) is 6.92 Å². The molecule has 0 aromatic rings. The molecule has 0 saturated carbocycles. The van der Waals surface area contributed by atoms with Crippen LogP contribution in [0.1, 0.15) is 13.8 Å². The molecule has 2 rings (SSSR count). The first-order valence-electron chi connectivity index (χ1n) is 6.22. The van der Waals surface area contributed by atoms with Crippen molar-refractivity contribution in [1.82, 2.24) is 4.90 Å². The van der Waals surface area contributed by atoms with Gasteiger partial charge in [-0.2, -0.15) is 13.2 Å². The predicted octanol–water partition coefficient (Wildman–Crippen LogP) is -2.90. The maximum Gasteiger partial charge on any atom is 1.00 e. The summed E-state index contributed by atoms with van der Waals surface area (Å²) in [7, 11) is 0. The van der Waals surface area contributed by atoms with E-state index in [1.54, 1.807) is 6.92 Å². The van der Waals surface area contributed by atoms with Gasteiger partial charge in [-0.15, -0.1) is 11.8 Å². The summed E-state index contributed by atoms with van der Waals surface area (Å²) in [6.07, 6.45) is -5.44. The van der Waals surface area contributed by atoms with E-state index in [1.807, 2.05) is 0 Å². The van der Waals surface area contributed by atoms with Crippen LogP contribution in [0.4, 0.5) is 13.2 Å². The van der Waals surface area contributed by atoms with Crippen LogP contribution in [0.2, 0.25) is 0 Å². The Hall–Kier alpha value is -0.220. The Morgan fingerprint density at radius 3 is 2.45 bits per heavy atom. The molecular weight excluding hydrogens is 334 g/mol. The monoisotopic (exact) mass is 347 g/mol. The minimum absolute atomic E-state index is 0. The Kier molecular flexibility index (Phi) is 6.06. The molecule has 0 unspecified atom stereocenters. The topological polar surface area (TPSA) is 80.7 Å². The average molecular weight is 347 g/mol. The summed E-state index contributed by atoms with van der Waals surface area (Å²) in [5.74, 6) is -4.88. The van der Waals surface area contributed by atoms with Crippen LogP contribution in [0.5, 0.6) is 0 Å². The van der Waals surface area contributed by atoms with Crippen molar-refractivity contribution in [2.24, 2.45) is 11.8 Å². The third kappa shape index (κ3) is 3.33. The fourth-order valence-electron chi connectivity index (χ4n) is 2.87. The fraction of sp³-hybridized carbons (Fsp3) is 0.667. The van der Waals surface area contributed by atoms with Crippen LogP contribution in [0.15, 0.2) is 10.6 Å². The van der Waals surface area contributed by atoms with Gasteiger partial charge in [-0.3, -0.25) is 4.79 Å². The van der Waals surface area contributed by atoms with Gasteiger partial charge in [0.05, 0.1) is 35.5 Å². The number of thioether (sulfide) groups is 1. The van der Waals surface area contributed by atoms with Crippen LogP contribution >= 0.6 is 11.8 Å². The molecule has 1 amide bonds. The van der Waals surface area contributed by atoms with Crippen LogP contribution in [0, 0.1) is 11.8 Å². The second kappa shape index (κ2) is 6.72. The molecule has 10 heteroatoms. The molecule has 0 aromatic carbocycles. The third-order valence-electron chi connectivity index (χ3n) is 3.69. The first-order chi connectivity index (χ1) is 9.56. The quantitative estimate of drug-likeness (QED) is 0.436. The molecule has 0 aromatic heterocycles. The van der Waals surface area contributed by atoms with Crippen molar-refractivity contribution in [3.05, 3.63) is 10.6 Å². The number of alkyl halides is 3. The van der Waals surface area contributed by atoms with E-state index in [4.69, 9.17) is 0 Å². The van der Waals surface area contributed by atoms with Gasteiger partial charge in [0, 0.05) is 10.8 Å². The zero-order chi connectivity index (χ0) is 16.1. The minimum Gasteiger partial charge on any atom is -0.543 e. The molecule has 2 aliphatic heterocycles. The molecular formula is C12H13F3NNaO4S. The zero-order valence-corrected chi connectivity index (χ0v) is 15.0. The smallest absolute Gasteiger partial charge is 0.543 e. The van der Waals surface area contributed by atoms with Gasteiger partial charge in [0.1, 0.15) is 0 Å². The fourth-order valence-corrected chi connectivity index (χ4v) is 3.91. The summed E-state index contributed by atoms with van der Waals surface area (Å²) >= 11 is 0.357. The summed E-state index contributed by atoms with van der Waals surface area (Å²) in [4.78, 5) is 24.0. The maximum absolute atomic E-state index is 12.3. The third-order valence-corrected chi connectivity index (χ3v) is 5.04. The van der Waals surface area contributed by atoms with Crippen LogP contribution in [-0.4, -0.2) is 46.0 Å². The van der Waals surface area contributed by atoms with E-state index < -0.39 is 53.5 Å². The Balaban J connectivity index is 0.00000242. The van der Waals surface area contributed by atoms with E-state index in [0.29, 0.717) is 11.8 Å². The number of carbonyl (C=O) groups is 2. The number of carboxylic acids is 1. The molecule has 0 aliphatic carbocycles. The number of β-lactam (4-membered cyclic amide) rings is 1. The van der Waals surface area contributed by atoms with Crippen LogP contribution in [-0.2, 0) is 9.59 Å². The zero-order valence-electron chi connectivity index (χ0n) is 12.2. The van der Waals surface area contributed by atoms with E-state index in [-0.39, 0.29) is 34.5 Å². The van der Waals surface area contributed by atoms with E-state index in [1.165, 1.54) is 6.92 Å². The van der Waals surface area contributed by atoms with Gasteiger partial charge in [0.25, 0.3) is 0 Å². The SMILES string of the molecule is C[C@@H](O)[C@H]1C(=O)N2C(C(=O)[O-])=C(SCC(F)(F)F)[C@H](C)[C@H]12.[Na+]. The Bertz CT molecular complexity index is 523. The molecule has 4 atom stereocenters. The second-order valence-corrected chi connectivity index (χ2v) is 6.18. The first-order valence-corrected chi connectivity index (χ1v) is 7.21. The van der Waals surface area contributed by atoms with Gasteiger partial charge in [0.2, 0.25) is 5.91 Å². The van der Waals surface area contributed by atoms with Crippen LogP contribution < -0.4 is 34.7 Å². The molecule has 0 spiro atoms. The number of amides is 1. The molecule has 2 aliphatic rings. The number of aliphatic hydroxyl groups excluding tert-OH is 1. The van der Waals surface area contributed by atoms with Crippen LogP contribution in [0.25, 0.3) is 0 Å². The van der Waals surface area contributed by atoms with Gasteiger partial charge in [0.15, 0.2) is 0 Å². The predicted molar refractivity (Wildman–Crippen MR) is 65.5 cm³/mol. The maximum atomic E-state index is 12.3. The number of aliphatic hydroxyl groups is 1. The molecule has 118 valence electrons. The van der Waals surface area contributed by atoms with Crippen molar-refractivity contribution in [1.29, 1.82) is 0 Å². The van der Waals surface area contributed by atoms with Gasteiger partial charge < -0.3 is 19.9 Å². The number of rotatable bonds is 4. The first kappa shape index (κ1) is 19.8. The number of nitrogens with zero attached hydrogens (tertiary/aromatic N) is 1. The van der Waals surface area contributed by atoms with E-state index >= 15 is 0 Å². The number of halogens is 3. The Morgan fingerprint density at radius 1 is 1.50 bits per heavy atom. The van der Waals surface area contributed by atoms with Crippen molar-refractivity contribution in [2.75, 3.05) is 5.75 Å². The number of carbonyl (C=O) groups excluding carboxylic acids is 2. The standard InChI is InChI=1S/C12H14F3NO4S.Na/c1-4-7-6(5(2)17)10(18)16(7)8(11(19)20)9(4)21-3-12(13,14)15;/h4-7,17H,3H2,1-2H3,(H,19,20);/q;+1/p-1/t4-,5-,6-,7-;/m1./s1. The van der Waals surface area contributed by atoms with Gasteiger partial charge in [-0.25, -0.2) is 0 Å². The normalized spacial score (nSPS) is 28.9. The summed E-state index contributed by atoms with van der Waals surface area (Å²) in [6.45, 7) is 2.94. The number of aliphatic carboxylic acids is 1. The summed E-state index contributed by atoms with van der Waals surface area (Å²) in [5.41, 5.74) is -0.497. The number of hydrogen-bond donors (Lipinski definition) is 1. The number of hydrogen-bond acceptors (Lipinski definition) is 5. The van der Waals surface area contributed by atoms with Gasteiger partial charge >= 0.3 is 35.7 Å². The van der Waals surface area contributed by atoms with Crippen molar-refractivity contribution in [3.8, 4) is 0 Å². The summed E-state index contributed by atoms with van der Waals surface area (Å²) < 4.78 is 37.0. The summed E-state index contributed by atoms with van der Waals surface area (Å²) in [6, 6.07) is -0.624. The second-order valence-electron chi connectivity index (χ2n) is 5.16. The van der Waals surface area contributed by atoms with E-state index in [0.717, 1.165) is 4.90 Å². The van der Waals surface area contributed by atoms with Crippen molar-refractivity contribution < 1.29 is 62.5 Å². The molecule has 0 bridgehead atoms. The van der Waals surface area contributed by atoms with Crippen LogP contribution in [0.3, 0.4) is 0 Å². The largest absolute Gasteiger partial charge is 1.00 e. The molecule has 2 heterocycles. The number of carboxylic acid groups (broad SMARTS) is 1. The Labute approximate surface area is 151 Å². The minimum atomic E-state index is -4.45. The molecule has 1 fully saturated rings. The molecule has 1 saturated heterocycles. The Morgan fingerprint density at radius 2 is 2.05 bits per heavy atom. The number of fused-ring (bicyclic) bond motifs is 1. The average Bonchev–Trinajstić information content (AvgIpc) is 2.55. The van der Waals surface area contributed by atoms with E-state index in [2.05, 4.69) is 0 Å². The molecule has 5 nitrogen and oxygen atoms in total. The molecule has 0 radical (unpaired) electrons. The van der Waals surface area contributed by atoms with Crippen molar-refractivity contribution in [3.63, 3.8) is 0 Å².